The van der Waals surface area contributed by atoms with E-state index < -0.39 is 5.97 Å². The van der Waals surface area contributed by atoms with Gasteiger partial charge < -0.3 is 14.2 Å². The molecule has 0 saturated carbocycles. The molecule has 0 heterocycles. The summed E-state index contributed by atoms with van der Waals surface area (Å²) >= 11 is 2.11. The Balaban J connectivity index is 2.23. The van der Waals surface area contributed by atoms with Crippen LogP contribution in [0.2, 0.25) is 0 Å². The third kappa shape index (κ3) is 4.90. The van der Waals surface area contributed by atoms with Crippen molar-refractivity contribution in [2.24, 2.45) is 0 Å². The van der Waals surface area contributed by atoms with Crippen molar-refractivity contribution in [3.05, 3.63) is 57.2 Å². The summed E-state index contributed by atoms with van der Waals surface area (Å²) in [6.07, 6.45) is 5.11. The Bertz CT molecular complexity index is 735. The average molecular weight is 436 g/mol. The highest BCUT2D eigenvalue weighted by Crippen LogP contribution is 2.35. The van der Waals surface area contributed by atoms with Crippen LogP contribution in [0.25, 0.3) is 0 Å². The lowest BCUT2D eigenvalue weighted by atomic mass is 10.2. The van der Waals surface area contributed by atoms with Gasteiger partial charge in [-0.1, -0.05) is 36.3 Å². The first-order valence-corrected chi connectivity index (χ1v) is 8.47. The number of carbonyl (C=O) groups is 1. The lowest BCUT2D eigenvalue weighted by Gasteiger charge is -2.15. The molecule has 2 rings (SSSR count). The second kappa shape index (κ2) is 9.18. The Kier molecular flexibility index (Phi) is 6.94. The van der Waals surface area contributed by atoms with Gasteiger partial charge in [0.05, 0.1) is 15.7 Å². The summed E-state index contributed by atoms with van der Waals surface area (Å²) < 4.78 is 17.3. The van der Waals surface area contributed by atoms with Crippen LogP contribution in [0.15, 0.2) is 42.5 Å². The average Bonchev–Trinajstić information content (AvgIpc) is 2.60. The molecule has 0 aliphatic rings. The maximum absolute atomic E-state index is 12.0. The molecule has 4 nitrogen and oxygen atoms in total. The van der Waals surface area contributed by atoms with E-state index in [1.165, 1.54) is 0 Å². The number of hydrogen-bond donors (Lipinski definition) is 0. The highest BCUT2D eigenvalue weighted by molar-refractivity contribution is 14.1. The Morgan fingerprint density at radius 3 is 2.62 bits per heavy atom. The molecular formula is C19H17IO4. The highest BCUT2D eigenvalue weighted by Gasteiger charge is 2.17. The van der Waals surface area contributed by atoms with Crippen LogP contribution in [0.1, 0.15) is 22.8 Å². The molecule has 0 atom stereocenters. The van der Waals surface area contributed by atoms with Crippen molar-refractivity contribution in [3.8, 4) is 23.8 Å². The van der Waals surface area contributed by atoms with Gasteiger partial charge in [0.2, 0.25) is 0 Å². The van der Waals surface area contributed by atoms with Crippen LogP contribution < -0.4 is 9.47 Å². The summed E-state index contributed by atoms with van der Waals surface area (Å²) in [7, 11) is 0. The lowest BCUT2D eigenvalue weighted by Crippen LogP contribution is -2.08. The van der Waals surface area contributed by atoms with Crippen molar-refractivity contribution < 1.29 is 19.0 Å². The molecule has 0 aliphatic carbocycles. The third-order valence-electron chi connectivity index (χ3n) is 3.06. The molecule has 0 aliphatic heterocycles. The van der Waals surface area contributed by atoms with Crippen LogP contribution in [0, 0.1) is 15.9 Å². The second-order valence-corrected chi connectivity index (χ2v) is 5.94. The van der Waals surface area contributed by atoms with Crippen LogP contribution in [0.3, 0.4) is 0 Å². The molecule has 0 bridgehead atoms. The number of ether oxygens (including phenoxy) is 3. The lowest BCUT2D eigenvalue weighted by molar-refractivity contribution is 0.0556. The van der Waals surface area contributed by atoms with E-state index in [0.717, 1.165) is 9.13 Å². The van der Waals surface area contributed by atoms with E-state index in [2.05, 4.69) is 28.5 Å². The molecule has 5 heteroatoms. The minimum absolute atomic E-state index is 0.0638. The molecular weight excluding hydrogens is 419 g/mol. The van der Waals surface area contributed by atoms with Crippen molar-refractivity contribution in [3.63, 3.8) is 0 Å². The van der Waals surface area contributed by atoms with Gasteiger partial charge in [-0.15, -0.1) is 6.42 Å². The zero-order chi connectivity index (χ0) is 17.4. The van der Waals surface area contributed by atoms with Gasteiger partial charge in [0.25, 0.3) is 0 Å². The second-order valence-electron chi connectivity index (χ2n) is 4.77. The summed E-state index contributed by atoms with van der Waals surface area (Å²) in [5.41, 5.74) is 1.43. The number of hydrogen-bond acceptors (Lipinski definition) is 4. The van der Waals surface area contributed by atoms with Gasteiger partial charge in [-0.05, 0) is 47.2 Å². The Labute approximate surface area is 155 Å². The van der Waals surface area contributed by atoms with E-state index in [9.17, 15) is 4.79 Å². The summed E-state index contributed by atoms with van der Waals surface area (Å²) in [6.45, 7) is 2.68. The Morgan fingerprint density at radius 1 is 1.21 bits per heavy atom. The molecule has 2 aromatic rings. The van der Waals surface area contributed by atoms with Gasteiger partial charge in [-0.3, -0.25) is 0 Å². The van der Waals surface area contributed by atoms with Crippen LogP contribution in [-0.2, 0) is 11.3 Å². The van der Waals surface area contributed by atoms with Gasteiger partial charge >= 0.3 is 5.97 Å². The van der Waals surface area contributed by atoms with E-state index in [4.69, 9.17) is 20.6 Å². The van der Waals surface area contributed by atoms with E-state index in [1.807, 2.05) is 37.3 Å². The molecule has 0 saturated heterocycles. The van der Waals surface area contributed by atoms with Gasteiger partial charge in [-0.25, -0.2) is 4.79 Å². The fourth-order valence-electron chi connectivity index (χ4n) is 2.01. The number of rotatable bonds is 7. The van der Waals surface area contributed by atoms with E-state index in [-0.39, 0.29) is 6.61 Å². The monoisotopic (exact) mass is 436 g/mol. The van der Waals surface area contributed by atoms with Gasteiger partial charge in [0.15, 0.2) is 18.1 Å². The van der Waals surface area contributed by atoms with Crippen molar-refractivity contribution in [2.75, 3.05) is 13.2 Å². The molecule has 0 amide bonds. The number of carbonyl (C=O) groups excluding carboxylic acids is 1. The zero-order valence-electron chi connectivity index (χ0n) is 13.3. The predicted molar refractivity (Wildman–Crippen MR) is 100 cm³/mol. The topological polar surface area (TPSA) is 44.8 Å². The van der Waals surface area contributed by atoms with Crippen molar-refractivity contribution in [1.82, 2.24) is 0 Å². The molecule has 0 spiro atoms. The number of benzene rings is 2. The maximum atomic E-state index is 12.0. The molecule has 0 aromatic heterocycles. The number of esters is 1. The van der Waals surface area contributed by atoms with Crippen LogP contribution >= 0.6 is 22.6 Å². The molecule has 24 heavy (non-hydrogen) atoms. The fraction of sp³-hybridized carbons (Fsp3) is 0.211. The molecule has 0 radical (unpaired) electrons. The molecule has 124 valence electrons. The zero-order valence-corrected chi connectivity index (χ0v) is 15.4. The third-order valence-corrected chi connectivity index (χ3v) is 3.86. The number of halogens is 1. The van der Waals surface area contributed by atoms with Crippen molar-refractivity contribution in [1.29, 1.82) is 0 Å². The maximum Gasteiger partial charge on any atom is 0.339 e. The standard InChI is InChI=1S/C19H17IO4/c1-3-10-23-19(21)15-11-16(20)18(17(12-15)22-4-2)24-13-14-8-6-5-7-9-14/h1,5-9,11-12H,4,10,13H2,2H3. The van der Waals surface area contributed by atoms with Crippen LogP contribution in [0.4, 0.5) is 0 Å². The van der Waals surface area contributed by atoms with Gasteiger partial charge in [0.1, 0.15) is 6.61 Å². The SMILES string of the molecule is C#CCOC(=O)c1cc(I)c(OCc2ccccc2)c(OCC)c1. The van der Waals surface area contributed by atoms with Crippen LogP contribution in [0.5, 0.6) is 11.5 Å². The smallest absolute Gasteiger partial charge is 0.339 e. The summed E-state index contributed by atoms with van der Waals surface area (Å²) in [5.74, 6) is 2.90. The normalized spacial score (nSPS) is 9.88. The first-order chi connectivity index (χ1) is 11.7. The minimum Gasteiger partial charge on any atom is -0.490 e. The Hall–Kier alpha value is -2.20. The number of terminal acetylenes is 1. The van der Waals surface area contributed by atoms with E-state index in [0.29, 0.717) is 30.3 Å². The molecule has 2 aromatic carbocycles. The molecule has 0 fully saturated rings. The molecule has 0 N–H and O–H groups in total. The summed E-state index contributed by atoms with van der Waals surface area (Å²) in [5, 5.41) is 0. The van der Waals surface area contributed by atoms with E-state index in [1.54, 1.807) is 12.1 Å². The van der Waals surface area contributed by atoms with Gasteiger partial charge in [-0.2, -0.15) is 0 Å². The Morgan fingerprint density at radius 2 is 1.96 bits per heavy atom. The first kappa shape index (κ1) is 18.1. The predicted octanol–water partition coefficient (Wildman–Crippen LogP) is 4.06. The quantitative estimate of drug-likeness (QED) is 0.373. The van der Waals surface area contributed by atoms with E-state index >= 15 is 0 Å². The fourth-order valence-corrected chi connectivity index (χ4v) is 2.77. The molecule has 0 unspecified atom stereocenters. The summed E-state index contributed by atoms with van der Waals surface area (Å²) in [4.78, 5) is 12.0. The largest absolute Gasteiger partial charge is 0.490 e. The van der Waals surface area contributed by atoms with Crippen molar-refractivity contribution >= 4 is 28.6 Å². The first-order valence-electron chi connectivity index (χ1n) is 7.39. The van der Waals surface area contributed by atoms with Gasteiger partial charge in [0, 0.05) is 0 Å². The summed E-state index contributed by atoms with van der Waals surface area (Å²) in [6, 6.07) is 13.1. The van der Waals surface area contributed by atoms with Crippen LogP contribution in [-0.4, -0.2) is 19.2 Å². The minimum atomic E-state index is -0.485. The van der Waals surface area contributed by atoms with Crippen molar-refractivity contribution in [2.45, 2.75) is 13.5 Å². The highest BCUT2D eigenvalue weighted by atomic mass is 127.